The van der Waals surface area contributed by atoms with Crippen LogP contribution in [0.5, 0.6) is 0 Å². The minimum atomic E-state index is -0.682. The molecule has 0 saturated heterocycles. The second kappa shape index (κ2) is 3.56. The summed E-state index contributed by atoms with van der Waals surface area (Å²) >= 11 is 0. The third kappa shape index (κ3) is 2.05. The Labute approximate surface area is 77.6 Å². The van der Waals surface area contributed by atoms with Gasteiger partial charge in [0, 0.05) is 6.42 Å². The Hall–Kier alpha value is -1.37. The molecule has 0 aliphatic carbocycles. The highest BCUT2D eigenvalue weighted by atomic mass is 16.4. The van der Waals surface area contributed by atoms with E-state index >= 15 is 0 Å². The fraction of sp³-hybridized carbons (Fsp3) is 0.667. The van der Waals surface area contributed by atoms with Crippen LogP contribution < -0.4 is 0 Å². The third-order valence-electron chi connectivity index (χ3n) is 1.74. The molecule has 70 valence electrons. The molecule has 4 heteroatoms. The summed E-state index contributed by atoms with van der Waals surface area (Å²) in [5.41, 5.74) is -0.682. The molecule has 0 saturated carbocycles. The number of aryl methyl sites for hydroxylation is 1. The molecule has 0 atom stereocenters. The van der Waals surface area contributed by atoms with Crippen molar-refractivity contribution in [3.05, 3.63) is 11.8 Å². The van der Waals surface area contributed by atoms with Crippen molar-refractivity contribution in [2.75, 3.05) is 0 Å². The molecule has 0 bridgehead atoms. The van der Waals surface area contributed by atoms with Crippen molar-refractivity contribution >= 4 is 0 Å². The van der Waals surface area contributed by atoms with E-state index in [0.29, 0.717) is 11.8 Å². The minimum Gasteiger partial charge on any atom is -0.424 e. The van der Waals surface area contributed by atoms with Gasteiger partial charge in [-0.15, -0.1) is 10.2 Å². The zero-order valence-electron chi connectivity index (χ0n) is 8.16. The summed E-state index contributed by atoms with van der Waals surface area (Å²) in [7, 11) is 0. The maximum Gasteiger partial charge on any atom is 0.236 e. The zero-order valence-corrected chi connectivity index (χ0v) is 8.16. The Balaban J connectivity index is 2.87. The van der Waals surface area contributed by atoms with E-state index in [4.69, 9.17) is 9.68 Å². The van der Waals surface area contributed by atoms with Crippen molar-refractivity contribution in [1.29, 1.82) is 5.26 Å². The standard InChI is InChI=1S/C9H13N3O/c1-4-5-7-11-12-8(13-7)9(2,3)6-10/h4-5H2,1-3H3. The Morgan fingerprint density at radius 3 is 2.69 bits per heavy atom. The van der Waals surface area contributed by atoms with Gasteiger partial charge < -0.3 is 4.42 Å². The van der Waals surface area contributed by atoms with Gasteiger partial charge in [-0.25, -0.2) is 0 Å². The Morgan fingerprint density at radius 2 is 2.15 bits per heavy atom. The molecule has 0 spiro atoms. The van der Waals surface area contributed by atoms with Crippen molar-refractivity contribution in [3.8, 4) is 6.07 Å². The zero-order chi connectivity index (χ0) is 9.90. The van der Waals surface area contributed by atoms with Crippen LogP contribution in [0.3, 0.4) is 0 Å². The fourth-order valence-electron chi connectivity index (χ4n) is 0.869. The van der Waals surface area contributed by atoms with Gasteiger partial charge in [0.25, 0.3) is 0 Å². The second-order valence-corrected chi connectivity index (χ2v) is 3.49. The number of nitrogens with zero attached hydrogens (tertiary/aromatic N) is 3. The van der Waals surface area contributed by atoms with Gasteiger partial charge in [-0.1, -0.05) is 6.92 Å². The lowest BCUT2D eigenvalue weighted by Crippen LogP contribution is -2.14. The predicted molar refractivity (Wildman–Crippen MR) is 46.9 cm³/mol. The molecule has 0 N–H and O–H groups in total. The van der Waals surface area contributed by atoms with Crippen LogP contribution in [0.1, 0.15) is 39.0 Å². The van der Waals surface area contributed by atoms with Gasteiger partial charge in [0.2, 0.25) is 11.8 Å². The lowest BCUT2D eigenvalue weighted by Gasteiger charge is -2.07. The molecule has 0 unspecified atom stereocenters. The normalized spacial score (nSPS) is 11.2. The van der Waals surface area contributed by atoms with Gasteiger partial charge in [-0.3, -0.25) is 0 Å². The first-order chi connectivity index (χ1) is 6.10. The lowest BCUT2D eigenvalue weighted by atomic mass is 9.96. The highest BCUT2D eigenvalue weighted by molar-refractivity contribution is 5.12. The van der Waals surface area contributed by atoms with E-state index in [1.165, 1.54) is 0 Å². The molecule has 0 amide bonds. The van der Waals surface area contributed by atoms with E-state index in [1.807, 2.05) is 6.92 Å². The van der Waals surface area contributed by atoms with Gasteiger partial charge in [-0.2, -0.15) is 5.26 Å². The number of hydrogen-bond donors (Lipinski definition) is 0. The summed E-state index contributed by atoms with van der Waals surface area (Å²) in [6.07, 6.45) is 1.74. The maximum absolute atomic E-state index is 8.81. The molecule has 1 aromatic heterocycles. The van der Waals surface area contributed by atoms with E-state index in [1.54, 1.807) is 13.8 Å². The molecule has 0 aliphatic heterocycles. The number of nitriles is 1. The van der Waals surface area contributed by atoms with E-state index < -0.39 is 5.41 Å². The quantitative estimate of drug-likeness (QED) is 0.710. The van der Waals surface area contributed by atoms with E-state index in [-0.39, 0.29) is 0 Å². The van der Waals surface area contributed by atoms with Crippen LogP contribution in [0.2, 0.25) is 0 Å². The summed E-state index contributed by atoms with van der Waals surface area (Å²) < 4.78 is 5.34. The summed E-state index contributed by atoms with van der Waals surface area (Å²) in [5.74, 6) is 1.01. The maximum atomic E-state index is 8.81. The van der Waals surface area contributed by atoms with Gasteiger partial charge in [-0.05, 0) is 20.3 Å². The van der Waals surface area contributed by atoms with Gasteiger partial charge in [0.1, 0.15) is 5.41 Å². The summed E-state index contributed by atoms with van der Waals surface area (Å²) in [5, 5.41) is 16.5. The van der Waals surface area contributed by atoms with Gasteiger partial charge in [0.05, 0.1) is 6.07 Å². The van der Waals surface area contributed by atoms with Crippen molar-refractivity contribution in [2.24, 2.45) is 0 Å². The van der Waals surface area contributed by atoms with Crippen molar-refractivity contribution in [2.45, 2.75) is 39.0 Å². The van der Waals surface area contributed by atoms with Gasteiger partial charge in [0.15, 0.2) is 0 Å². The third-order valence-corrected chi connectivity index (χ3v) is 1.74. The smallest absolute Gasteiger partial charge is 0.236 e. The molecular weight excluding hydrogens is 166 g/mol. The Morgan fingerprint density at radius 1 is 1.46 bits per heavy atom. The van der Waals surface area contributed by atoms with Crippen molar-refractivity contribution in [1.82, 2.24) is 10.2 Å². The first-order valence-electron chi connectivity index (χ1n) is 4.34. The molecule has 1 rings (SSSR count). The average Bonchev–Trinajstić information content (AvgIpc) is 2.54. The van der Waals surface area contributed by atoms with Crippen molar-refractivity contribution in [3.63, 3.8) is 0 Å². The number of aromatic nitrogens is 2. The molecule has 0 radical (unpaired) electrons. The topological polar surface area (TPSA) is 62.7 Å². The Kier molecular flexibility index (Phi) is 2.66. The van der Waals surface area contributed by atoms with E-state index in [2.05, 4.69) is 16.3 Å². The molecule has 1 heterocycles. The SMILES string of the molecule is CCCc1nnc(C(C)(C)C#N)o1. The molecule has 0 aromatic carbocycles. The summed E-state index contributed by atoms with van der Waals surface area (Å²) in [6.45, 7) is 5.56. The Bertz CT molecular complexity index is 322. The minimum absolute atomic E-state index is 0.401. The summed E-state index contributed by atoms with van der Waals surface area (Å²) in [6, 6.07) is 2.12. The van der Waals surface area contributed by atoms with Crippen LogP contribution in [0.25, 0.3) is 0 Å². The van der Waals surface area contributed by atoms with Crippen LogP contribution >= 0.6 is 0 Å². The van der Waals surface area contributed by atoms with Crippen LogP contribution in [-0.2, 0) is 11.8 Å². The second-order valence-electron chi connectivity index (χ2n) is 3.49. The van der Waals surface area contributed by atoms with Gasteiger partial charge >= 0.3 is 0 Å². The molecule has 1 aromatic rings. The molecule has 13 heavy (non-hydrogen) atoms. The first kappa shape index (κ1) is 9.72. The van der Waals surface area contributed by atoms with Crippen LogP contribution in [0.15, 0.2) is 4.42 Å². The predicted octanol–water partition coefficient (Wildman–Crippen LogP) is 1.82. The monoisotopic (exact) mass is 179 g/mol. The fourth-order valence-corrected chi connectivity index (χ4v) is 0.869. The van der Waals surface area contributed by atoms with Crippen LogP contribution in [0.4, 0.5) is 0 Å². The van der Waals surface area contributed by atoms with Crippen LogP contribution in [0, 0.1) is 11.3 Å². The number of rotatable bonds is 3. The van der Waals surface area contributed by atoms with Crippen molar-refractivity contribution < 1.29 is 4.42 Å². The highest BCUT2D eigenvalue weighted by Crippen LogP contribution is 2.20. The lowest BCUT2D eigenvalue weighted by molar-refractivity contribution is 0.397. The van der Waals surface area contributed by atoms with Crippen LogP contribution in [-0.4, -0.2) is 10.2 Å². The highest BCUT2D eigenvalue weighted by Gasteiger charge is 2.26. The van der Waals surface area contributed by atoms with E-state index in [0.717, 1.165) is 12.8 Å². The van der Waals surface area contributed by atoms with E-state index in [9.17, 15) is 0 Å². The molecule has 0 fully saturated rings. The molecular formula is C9H13N3O. The first-order valence-corrected chi connectivity index (χ1v) is 4.34. The molecule has 4 nitrogen and oxygen atoms in total. The summed E-state index contributed by atoms with van der Waals surface area (Å²) in [4.78, 5) is 0. The number of hydrogen-bond acceptors (Lipinski definition) is 4. The average molecular weight is 179 g/mol. The largest absolute Gasteiger partial charge is 0.424 e. The molecule has 0 aliphatic rings.